The first-order valence-corrected chi connectivity index (χ1v) is 6.42. The fraction of sp³-hybridized carbons (Fsp3) is 0.182. The van der Waals surface area contributed by atoms with E-state index in [0.717, 1.165) is 11.8 Å². The lowest BCUT2D eigenvalue weighted by molar-refractivity contribution is -0.384. The molecule has 1 aliphatic heterocycles. The van der Waals surface area contributed by atoms with Crippen LogP contribution >= 0.6 is 11.8 Å². The lowest BCUT2D eigenvalue weighted by Gasteiger charge is -2.07. The molecule has 0 spiro atoms. The van der Waals surface area contributed by atoms with Crippen molar-refractivity contribution in [1.29, 1.82) is 0 Å². The minimum Gasteiger partial charge on any atom is -0.378 e. The molecule has 1 heterocycles. The monoisotopic (exact) mass is 294 g/mol. The van der Waals surface area contributed by atoms with Crippen LogP contribution in [0.15, 0.2) is 29.3 Å². The van der Waals surface area contributed by atoms with Gasteiger partial charge in [-0.3, -0.25) is 19.7 Å². The highest BCUT2D eigenvalue weighted by molar-refractivity contribution is 8.15. The molecule has 0 aromatic heterocycles. The summed E-state index contributed by atoms with van der Waals surface area (Å²) < 4.78 is 0. The SMILES string of the molecule is NC1=NC(=O)[C@@H](CC(=O)Nc2cccc([N+](=O)[O-])c2)S1. The number of non-ortho nitro benzene ring substituents is 1. The molecule has 0 radical (unpaired) electrons. The van der Waals surface area contributed by atoms with Crippen LogP contribution in [-0.2, 0) is 9.59 Å². The van der Waals surface area contributed by atoms with Gasteiger partial charge >= 0.3 is 0 Å². The molecule has 0 saturated heterocycles. The predicted octanol–water partition coefficient (Wildman–Crippen LogP) is 0.880. The van der Waals surface area contributed by atoms with Gasteiger partial charge in [0.15, 0.2) is 5.17 Å². The van der Waals surface area contributed by atoms with Gasteiger partial charge in [0.1, 0.15) is 5.25 Å². The quantitative estimate of drug-likeness (QED) is 0.626. The number of carbonyl (C=O) groups excluding carboxylic acids is 2. The molecule has 0 aliphatic carbocycles. The van der Waals surface area contributed by atoms with E-state index in [2.05, 4.69) is 10.3 Å². The van der Waals surface area contributed by atoms with Crippen LogP contribution < -0.4 is 11.1 Å². The number of rotatable bonds is 4. The van der Waals surface area contributed by atoms with Crippen molar-refractivity contribution in [1.82, 2.24) is 0 Å². The van der Waals surface area contributed by atoms with Gasteiger partial charge in [0, 0.05) is 24.2 Å². The highest BCUT2D eigenvalue weighted by Gasteiger charge is 2.29. The summed E-state index contributed by atoms with van der Waals surface area (Å²) >= 11 is 1.03. The molecule has 0 saturated carbocycles. The van der Waals surface area contributed by atoms with Crippen LogP contribution in [0.4, 0.5) is 11.4 Å². The first-order chi connectivity index (χ1) is 9.45. The summed E-state index contributed by atoms with van der Waals surface area (Å²) in [5, 5.41) is 12.6. The molecule has 104 valence electrons. The number of nitrogens with zero attached hydrogens (tertiary/aromatic N) is 2. The Morgan fingerprint density at radius 3 is 2.90 bits per heavy atom. The molecule has 20 heavy (non-hydrogen) atoms. The van der Waals surface area contributed by atoms with Crippen molar-refractivity contribution in [3.8, 4) is 0 Å². The first kappa shape index (κ1) is 14.0. The van der Waals surface area contributed by atoms with Crippen molar-refractivity contribution in [2.24, 2.45) is 10.7 Å². The van der Waals surface area contributed by atoms with E-state index >= 15 is 0 Å². The van der Waals surface area contributed by atoms with Gasteiger partial charge in [-0.25, -0.2) is 0 Å². The zero-order valence-electron chi connectivity index (χ0n) is 10.1. The van der Waals surface area contributed by atoms with Crippen molar-refractivity contribution >= 4 is 40.1 Å². The Balaban J connectivity index is 1.97. The normalized spacial score (nSPS) is 17.7. The number of anilines is 1. The molecular weight excluding hydrogens is 284 g/mol. The average molecular weight is 294 g/mol. The Morgan fingerprint density at radius 2 is 2.30 bits per heavy atom. The van der Waals surface area contributed by atoms with E-state index in [-0.39, 0.29) is 17.3 Å². The molecule has 8 nitrogen and oxygen atoms in total. The highest BCUT2D eigenvalue weighted by atomic mass is 32.2. The van der Waals surface area contributed by atoms with Gasteiger partial charge in [0.25, 0.3) is 11.6 Å². The van der Waals surface area contributed by atoms with Gasteiger partial charge in [-0.05, 0) is 6.07 Å². The number of nitro benzene ring substituents is 1. The summed E-state index contributed by atoms with van der Waals surface area (Å²) in [4.78, 5) is 36.7. The maximum atomic E-state index is 11.8. The Labute approximate surface area is 117 Å². The van der Waals surface area contributed by atoms with E-state index in [1.165, 1.54) is 24.3 Å². The number of carbonyl (C=O) groups is 2. The molecule has 1 atom stereocenters. The largest absolute Gasteiger partial charge is 0.378 e. The zero-order chi connectivity index (χ0) is 14.7. The lowest BCUT2D eigenvalue weighted by Crippen LogP contribution is -2.21. The molecule has 9 heteroatoms. The second kappa shape index (κ2) is 5.70. The van der Waals surface area contributed by atoms with E-state index < -0.39 is 22.0 Å². The molecule has 1 aromatic rings. The number of benzene rings is 1. The molecule has 0 fully saturated rings. The number of nitro groups is 1. The number of hydrogen-bond acceptors (Lipinski definition) is 6. The van der Waals surface area contributed by atoms with Gasteiger partial charge < -0.3 is 11.1 Å². The summed E-state index contributed by atoms with van der Waals surface area (Å²) in [5.41, 5.74) is 5.56. The number of nitrogens with one attached hydrogen (secondary N) is 1. The molecule has 3 N–H and O–H groups in total. The molecule has 0 bridgehead atoms. The van der Waals surface area contributed by atoms with Crippen molar-refractivity contribution in [3.05, 3.63) is 34.4 Å². The van der Waals surface area contributed by atoms with Crippen LogP contribution in [0.2, 0.25) is 0 Å². The molecule has 1 aliphatic rings. The molecular formula is C11H10N4O4S. The molecule has 2 rings (SSSR count). The van der Waals surface area contributed by atoms with E-state index in [0.29, 0.717) is 5.69 Å². The average Bonchev–Trinajstić information content (AvgIpc) is 2.67. The van der Waals surface area contributed by atoms with Crippen molar-refractivity contribution in [3.63, 3.8) is 0 Å². The lowest BCUT2D eigenvalue weighted by atomic mass is 10.2. The van der Waals surface area contributed by atoms with Gasteiger partial charge in [-0.2, -0.15) is 4.99 Å². The second-order valence-corrected chi connectivity index (χ2v) is 5.18. The number of amides is 2. The number of aliphatic imine (C=N–C) groups is 1. The maximum absolute atomic E-state index is 11.8. The van der Waals surface area contributed by atoms with Gasteiger partial charge in [-0.15, -0.1) is 0 Å². The fourth-order valence-electron chi connectivity index (χ4n) is 1.61. The maximum Gasteiger partial charge on any atom is 0.271 e. The van der Waals surface area contributed by atoms with Crippen LogP contribution in [-0.4, -0.2) is 27.2 Å². The standard InChI is InChI=1S/C11H10N4O4S/c12-11-14-10(17)8(20-11)5-9(16)13-6-2-1-3-7(4-6)15(18)19/h1-4,8H,5H2,(H,13,16)(H2,12,14,17)/t8-/m1/s1. The Hall–Kier alpha value is -2.42. The van der Waals surface area contributed by atoms with Crippen LogP contribution in [0.1, 0.15) is 6.42 Å². The summed E-state index contributed by atoms with van der Waals surface area (Å²) in [6.07, 6.45) is -0.0869. The van der Waals surface area contributed by atoms with Crippen LogP contribution in [0, 0.1) is 10.1 Å². The molecule has 1 aromatic carbocycles. The Kier molecular flexibility index (Phi) is 3.99. The summed E-state index contributed by atoms with van der Waals surface area (Å²) in [7, 11) is 0. The fourth-order valence-corrected chi connectivity index (χ4v) is 2.43. The van der Waals surface area contributed by atoms with Gasteiger partial charge in [-0.1, -0.05) is 17.8 Å². The topological polar surface area (TPSA) is 128 Å². The minimum atomic E-state index is -0.631. The number of amidine groups is 1. The van der Waals surface area contributed by atoms with E-state index in [4.69, 9.17) is 5.73 Å². The Morgan fingerprint density at radius 1 is 1.55 bits per heavy atom. The van der Waals surface area contributed by atoms with E-state index in [1.807, 2.05) is 0 Å². The second-order valence-electron chi connectivity index (χ2n) is 3.95. The third-order valence-electron chi connectivity index (χ3n) is 2.47. The number of nitrogens with two attached hydrogens (primary N) is 1. The van der Waals surface area contributed by atoms with Crippen LogP contribution in [0.25, 0.3) is 0 Å². The summed E-state index contributed by atoms with van der Waals surface area (Å²) in [6.45, 7) is 0. The minimum absolute atomic E-state index is 0.0869. The number of thioether (sulfide) groups is 1. The predicted molar refractivity (Wildman–Crippen MR) is 74.4 cm³/mol. The third kappa shape index (κ3) is 3.32. The van der Waals surface area contributed by atoms with Crippen molar-refractivity contribution in [2.75, 3.05) is 5.32 Å². The Bertz CT molecular complexity index is 616. The van der Waals surface area contributed by atoms with E-state index in [9.17, 15) is 19.7 Å². The van der Waals surface area contributed by atoms with Crippen molar-refractivity contribution in [2.45, 2.75) is 11.7 Å². The molecule has 2 amide bonds. The van der Waals surface area contributed by atoms with Crippen molar-refractivity contribution < 1.29 is 14.5 Å². The van der Waals surface area contributed by atoms with E-state index in [1.54, 1.807) is 0 Å². The highest BCUT2D eigenvalue weighted by Crippen LogP contribution is 2.23. The summed E-state index contributed by atoms with van der Waals surface area (Å²) in [5.74, 6) is -0.872. The zero-order valence-corrected chi connectivity index (χ0v) is 10.9. The molecule has 0 unspecified atom stereocenters. The van der Waals surface area contributed by atoms with Gasteiger partial charge in [0.05, 0.1) is 4.92 Å². The third-order valence-corrected chi connectivity index (χ3v) is 3.46. The van der Waals surface area contributed by atoms with Crippen LogP contribution in [0.3, 0.4) is 0 Å². The number of hydrogen-bond donors (Lipinski definition) is 2. The van der Waals surface area contributed by atoms with Gasteiger partial charge in [0.2, 0.25) is 5.91 Å². The first-order valence-electron chi connectivity index (χ1n) is 5.54. The van der Waals surface area contributed by atoms with Crippen LogP contribution in [0.5, 0.6) is 0 Å². The smallest absolute Gasteiger partial charge is 0.271 e. The summed E-state index contributed by atoms with van der Waals surface area (Å²) in [6, 6.07) is 5.55.